The Balaban J connectivity index is 1.20. The molecule has 1 aromatic carbocycles. The number of carbonyl (C=O) groups excluding carboxylic acids is 1. The van der Waals surface area contributed by atoms with Gasteiger partial charge in [0.15, 0.2) is 0 Å². The number of aromatic nitrogens is 2. The van der Waals surface area contributed by atoms with E-state index in [0.717, 1.165) is 69.3 Å². The monoisotopic (exact) mass is 412 g/mol. The van der Waals surface area contributed by atoms with Crippen LogP contribution in [0.25, 0.3) is 11.3 Å². The highest BCUT2D eigenvalue weighted by Crippen LogP contribution is 2.34. The van der Waals surface area contributed by atoms with Gasteiger partial charge in [0.25, 0.3) is 0 Å². The quantitative estimate of drug-likeness (QED) is 0.775. The van der Waals surface area contributed by atoms with Crippen molar-refractivity contribution in [2.75, 3.05) is 44.3 Å². The lowest BCUT2D eigenvalue weighted by Gasteiger charge is -2.28. The maximum Gasteiger partial charge on any atom is 0.225 e. The van der Waals surface area contributed by atoms with E-state index >= 15 is 0 Å². The smallest absolute Gasteiger partial charge is 0.225 e. The predicted octanol–water partition coefficient (Wildman–Crippen LogP) is 3.12. The Bertz CT molecular complexity index is 853. The van der Waals surface area contributed by atoms with E-state index in [9.17, 15) is 4.79 Å². The third-order valence-electron chi connectivity index (χ3n) is 6.47. The fourth-order valence-corrected chi connectivity index (χ4v) is 4.94. The molecule has 3 aliphatic rings. The summed E-state index contributed by atoms with van der Waals surface area (Å²) in [5.41, 5.74) is 1.85. The van der Waals surface area contributed by atoms with Crippen LogP contribution >= 0.6 is 11.6 Å². The average molecular weight is 413 g/mol. The first-order chi connectivity index (χ1) is 14.2. The van der Waals surface area contributed by atoms with Crippen molar-refractivity contribution < 1.29 is 9.53 Å². The van der Waals surface area contributed by atoms with Crippen LogP contribution in [-0.2, 0) is 9.53 Å². The number of anilines is 1. The Hall–Kier alpha value is -2.18. The molecule has 4 heterocycles. The summed E-state index contributed by atoms with van der Waals surface area (Å²) in [5.74, 6) is 2.46. The Labute approximate surface area is 175 Å². The number of hydrogen-bond donors (Lipinski definition) is 0. The maximum absolute atomic E-state index is 12.8. The van der Waals surface area contributed by atoms with Crippen LogP contribution < -0.4 is 4.90 Å². The third kappa shape index (κ3) is 3.83. The summed E-state index contributed by atoms with van der Waals surface area (Å²) in [6.45, 7) is 5.06. The van der Waals surface area contributed by atoms with E-state index in [4.69, 9.17) is 16.3 Å². The molecule has 29 heavy (non-hydrogen) atoms. The molecular weight excluding hydrogens is 388 g/mol. The lowest BCUT2D eigenvalue weighted by atomic mass is 9.99. The molecule has 0 N–H and O–H groups in total. The number of nitrogens with zero attached hydrogens (tertiary/aromatic N) is 4. The van der Waals surface area contributed by atoms with Crippen molar-refractivity contribution in [3.8, 4) is 11.3 Å². The molecule has 0 bridgehead atoms. The van der Waals surface area contributed by atoms with Crippen LogP contribution in [-0.4, -0.2) is 60.2 Å². The van der Waals surface area contributed by atoms with Crippen molar-refractivity contribution in [1.29, 1.82) is 0 Å². The Morgan fingerprint density at radius 1 is 0.966 bits per heavy atom. The molecule has 0 aliphatic carbocycles. The molecule has 3 aliphatic heterocycles. The van der Waals surface area contributed by atoms with E-state index in [2.05, 4.69) is 19.8 Å². The second kappa shape index (κ2) is 7.92. The van der Waals surface area contributed by atoms with Crippen LogP contribution in [0.15, 0.2) is 36.7 Å². The second-order valence-corrected chi connectivity index (χ2v) is 8.76. The maximum atomic E-state index is 12.8. The fraction of sp³-hybridized carbons (Fsp3) is 0.500. The number of ether oxygens (including phenoxy) is 1. The van der Waals surface area contributed by atoms with Gasteiger partial charge in [-0.2, -0.15) is 0 Å². The van der Waals surface area contributed by atoms with Gasteiger partial charge in [0.1, 0.15) is 5.82 Å². The van der Waals surface area contributed by atoms with Crippen molar-refractivity contribution in [2.45, 2.75) is 12.8 Å². The van der Waals surface area contributed by atoms with Gasteiger partial charge in [0.2, 0.25) is 5.91 Å². The van der Waals surface area contributed by atoms with Crippen molar-refractivity contribution in [3.63, 3.8) is 0 Å². The van der Waals surface area contributed by atoms with Gasteiger partial charge in [0, 0.05) is 67.7 Å². The summed E-state index contributed by atoms with van der Waals surface area (Å²) in [4.78, 5) is 26.5. The summed E-state index contributed by atoms with van der Waals surface area (Å²) in [7, 11) is 0. The lowest BCUT2D eigenvalue weighted by molar-refractivity contribution is -0.137. The molecule has 2 atom stereocenters. The summed E-state index contributed by atoms with van der Waals surface area (Å²) in [6, 6.07) is 7.63. The molecule has 0 spiro atoms. The normalized spacial score (nSPS) is 24.7. The van der Waals surface area contributed by atoms with Gasteiger partial charge in [-0.05, 0) is 25.0 Å². The number of hydrogen-bond acceptors (Lipinski definition) is 5. The molecule has 1 amide bonds. The highest BCUT2D eigenvalue weighted by atomic mass is 35.5. The molecule has 2 aromatic rings. The molecule has 7 heteroatoms. The van der Waals surface area contributed by atoms with E-state index in [-0.39, 0.29) is 5.92 Å². The van der Waals surface area contributed by atoms with Crippen LogP contribution in [0.1, 0.15) is 12.8 Å². The molecule has 0 saturated carbocycles. The molecule has 152 valence electrons. The minimum absolute atomic E-state index is 0.157. The highest BCUT2D eigenvalue weighted by molar-refractivity contribution is 6.30. The Kier molecular flexibility index (Phi) is 5.14. The number of likely N-dealkylation sites (tertiary alicyclic amines) is 1. The van der Waals surface area contributed by atoms with Gasteiger partial charge >= 0.3 is 0 Å². The minimum atomic E-state index is 0.157. The van der Waals surface area contributed by atoms with Gasteiger partial charge in [-0.1, -0.05) is 23.7 Å². The molecule has 3 saturated heterocycles. The predicted molar refractivity (Wildman–Crippen MR) is 112 cm³/mol. The molecule has 2 unspecified atom stereocenters. The molecule has 0 radical (unpaired) electrons. The summed E-state index contributed by atoms with van der Waals surface area (Å²) in [6.07, 6.45) is 5.42. The zero-order valence-corrected chi connectivity index (χ0v) is 17.1. The topological polar surface area (TPSA) is 58.6 Å². The van der Waals surface area contributed by atoms with Gasteiger partial charge < -0.3 is 14.5 Å². The Morgan fingerprint density at radius 2 is 1.66 bits per heavy atom. The number of halogens is 1. The number of rotatable bonds is 3. The van der Waals surface area contributed by atoms with Crippen LogP contribution in [0.4, 0.5) is 5.82 Å². The molecule has 1 aromatic heterocycles. The van der Waals surface area contributed by atoms with E-state index in [1.54, 1.807) is 0 Å². The Morgan fingerprint density at radius 3 is 2.28 bits per heavy atom. The van der Waals surface area contributed by atoms with Gasteiger partial charge in [-0.3, -0.25) is 9.78 Å². The van der Waals surface area contributed by atoms with Crippen LogP contribution in [0.5, 0.6) is 0 Å². The van der Waals surface area contributed by atoms with Crippen molar-refractivity contribution in [2.24, 2.45) is 17.8 Å². The molecule has 3 fully saturated rings. The first-order valence-corrected chi connectivity index (χ1v) is 10.7. The SMILES string of the molecule is O=C(C1CCOCC1)N1CC2CN(c3cnc(-c4ccc(Cl)cc4)cn3)CC2C1. The van der Waals surface area contributed by atoms with Crippen LogP contribution in [0, 0.1) is 17.8 Å². The second-order valence-electron chi connectivity index (χ2n) is 8.32. The van der Waals surface area contributed by atoms with Gasteiger partial charge in [0.05, 0.1) is 18.1 Å². The van der Waals surface area contributed by atoms with Crippen LogP contribution in [0.2, 0.25) is 5.02 Å². The minimum Gasteiger partial charge on any atom is -0.381 e. The zero-order valence-electron chi connectivity index (χ0n) is 16.3. The number of carbonyl (C=O) groups is 1. The summed E-state index contributed by atoms with van der Waals surface area (Å²) >= 11 is 5.96. The molecule has 5 rings (SSSR count). The first kappa shape index (κ1) is 18.8. The van der Waals surface area contributed by atoms with E-state index in [1.807, 2.05) is 36.7 Å². The van der Waals surface area contributed by atoms with Crippen molar-refractivity contribution in [1.82, 2.24) is 14.9 Å². The van der Waals surface area contributed by atoms with Crippen molar-refractivity contribution in [3.05, 3.63) is 41.7 Å². The number of fused-ring (bicyclic) bond motifs is 1. The van der Waals surface area contributed by atoms with Gasteiger partial charge in [-0.25, -0.2) is 4.98 Å². The zero-order chi connectivity index (χ0) is 19.8. The fourth-order valence-electron chi connectivity index (χ4n) is 4.82. The largest absolute Gasteiger partial charge is 0.381 e. The summed E-state index contributed by atoms with van der Waals surface area (Å²) in [5, 5.41) is 0.714. The number of amides is 1. The van der Waals surface area contributed by atoms with Crippen LogP contribution in [0.3, 0.4) is 0 Å². The summed E-state index contributed by atoms with van der Waals surface area (Å²) < 4.78 is 5.40. The highest BCUT2D eigenvalue weighted by Gasteiger charge is 2.43. The van der Waals surface area contributed by atoms with Gasteiger partial charge in [-0.15, -0.1) is 0 Å². The van der Waals surface area contributed by atoms with E-state index in [0.29, 0.717) is 22.8 Å². The lowest BCUT2D eigenvalue weighted by Crippen LogP contribution is -2.39. The molecular formula is C22H25ClN4O2. The molecule has 6 nitrogen and oxygen atoms in total. The number of benzene rings is 1. The average Bonchev–Trinajstić information content (AvgIpc) is 3.34. The van der Waals surface area contributed by atoms with Crippen molar-refractivity contribution >= 4 is 23.3 Å². The first-order valence-electron chi connectivity index (χ1n) is 10.4. The van der Waals surface area contributed by atoms with E-state index < -0.39 is 0 Å². The standard InChI is InChI=1S/C22H25ClN4O2/c23-19-3-1-15(2-4-19)20-9-25-21(10-24-20)26-11-17-13-27(14-18(17)12-26)22(28)16-5-7-29-8-6-16/h1-4,9-10,16-18H,5-8,11-14H2. The third-order valence-corrected chi connectivity index (χ3v) is 6.72. The van der Waals surface area contributed by atoms with E-state index in [1.165, 1.54) is 0 Å².